The summed E-state index contributed by atoms with van der Waals surface area (Å²) >= 11 is 0. The van der Waals surface area contributed by atoms with Crippen molar-refractivity contribution in [2.45, 2.75) is 29.8 Å². The van der Waals surface area contributed by atoms with Gasteiger partial charge >= 0.3 is 0 Å². The van der Waals surface area contributed by atoms with Crippen molar-refractivity contribution in [3.63, 3.8) is 0 Å². The SMILES string of the molecule is CN1CCC2c3cc(CCS(=O)(=O)c4ccccc4)ccc3NC21. The maximum Gasteiger partial charge on any atom is 0.178 e. The Labute approximate surface area is 143 Å². The summed E-state index contributed by atoms with van der Waals surface area (Å²) in [5.74, 6) is 0.674. The van der Waals surface area contributed by atoms with Crippen LogP contribution in [0, 0.1) is 0 Å². The van der Waals surface area contributed by atoms with Crippen LogP contribution in [0.2, 0.25) is 0 Å². The number of sulfone groups is 1. The van der Waals surface area contributed by atoms with E-state index in [4.69, 9.17) is 0 Å². The van der Waals surface area contributed by atoms with Crippen LogP contribution in [0.4, 0.5) is 5.69 Å². The molecule has 2 aromatic rings. The number of nitrogens with one attached hydrogen (secondary N) is 1. The van der Waals surface area contributed by atoms with Gasteiger partial charge < -0.3 is 5.32 Å². The topological polar surface area (TPSA) is 49.4 Å². The van der Waals surface area contributed by atoms with Gasteiger partial charge in [-0.25, -0.2) is 8.42 Å². The highest BCUT2D eigenvalue weighted by atomic mass is 32.2. The Morgan fingerprint density at radius 1 is 1.17 bits per heavy atom. The number of aryl methyl sites for hydroxylation is 1. The summed E-state index contributed by atoms with van der Waals surface area (Å²) in [6.45, 7) is 1.11. The lowest BCUT2D eigenvalue weighted by atomic mass is 9.96. The van der Waals surface area contributed by atoms with Crippen LogP contribution in [-0.2, 0) is 16.3 Å². The lowest BCUT2D eigenvalue weighted by Gasteiger charge is -2.18. The Morgan fingerprint density at radius 3 is 2.75 bits per heavy atom. The minimum atomic E-state index is -3.22. The highest BCUT2D eigenvalue weighted by molar-refractivity contribution is 7.91. The van der Waals surface area contributed by atoms with E-state index >= 15 is 0 Å². The Hall–Kier alpha value is -1.85. The number of fused-ring (bicyclic) bond motifs is 3. The number of hydrogen-bond donors (Lipinski definition) is 1. The van der Waals surface area contributed by atoms with E-state index < -0.39 is 9.84 Å². The lowest BCUT2D eigenvalue weighted by Crippen LogP contribution is -2.31. The Bertz CT molecular complexity index is 849. The number of anilines is 1. The molecule has 2 atom stereocenters. The van der Waals surface area contributed by atoms with Crippen molar-refractivity contribution in [1.29, 1.82) is 0 Å². The van der Waals surface area contributed by atoms with Gasteiger partial charge in [0.2, 0.25) is 0 Å². The van der Waals surface area contributed by atoms with Gasteiger partial charge in [-0.05, 0) is 49.2 Å². The molecule has 2 unspecified atom stereocenters. The van der Waals surface area contributed by atoms with Crippen LogP contribution in [-0.4, -0.2) is 38.8 Å². The maximum absolute atomic E-state index is 12.4. The number of likely N-dealkylation sites (tertiary alicyclic amines) is 1. The average molecular weight is 342 g/mol. The zero-order valence-corrected chi connectivity index (χ0v) is 14.6. The predicted molar refractivity (Wildman–Crippen MR) is 96.0 cm³/mol. The molecule has 0 aliphatic carbocycles. The number of rotatable bonds is 4. The summed E-state index contributed by atoms with van der Waals surface area (Å²) in [5.41, 5.74) is 3.65. The Balaban J connectivity index is 1.51. The second-order valence-electron chi connectivity index (χ2n) is 6.77. The fourth-order valence-electron chi connectivity index (χ4n) is 3.85. The maximum atomic E-state index is 12.4. The molecule has 1 fully saturated rings. The number of nitrogens with zero attached hydrogens (tertiary/aromatic N) is 1. The summed E-state index contributed by atoms with van der Waals surface area (Å²) in [6, 6.07) is 15.1. The molecule has 0 amide bonds. The van der Waals surface area contributed by atoms with E-state index in [1.807, 2.05) is 12.1 Å². The largest absolute Gasteiger partial charge is 0.369 e. The molecule has 0 radical (unpaired) electrons. The average Bonchev–Trinajstić information content (AvgIpc) is 3.14. The molecule has 0 aromatic heterocycles. The number of benzene rings is 2. The van der Waals surface area contributed by atoms with Crippen molar-refractivity contribution < 1.29 is 8.42 Å². The summed E-state index contributed by atoms with van der Waals surface area (Å²) < 4.78 is 24.9. The van der Waals surface area contributed by atoms with Gasteiger partial charge in [-0.3, -0.25) is 4.90 Å². The van der Waals surface area contributed by atoms with Crippen LogP contribution >= 0.6 is 0 Å². The molecule has 0 bridgehead atoms. The predicted octanol–water partition coefficient (Wildman–Crippen LogP) is 2.87. The molecule has 5 heteroatoms. The Morgan fingerprint density at radius 2 is 1.96 bits per heavy atom. The van der Waals surface area contributed by atoms with Crippen molar-refractivity contribution in [1.82, 2.24) is 4.90 Å². The van der Waals surface area contributed by atoms with Crippen LogP contribution < -0.4 is 5.32 Å². The molecule has 4 nitrogen and oxygen atoms in total. The van der Waals surface area contributed by atoms with Crippen molar-refractivity contribution in [3.05, 3.63) is 59.7 Å². The third kappa shape index (κ3) is 2.72. The van der Waals surface area contributed by atoms with Crippen molar-refractivity contribution in [2.24, 2.45) is 0 Å². The normalized spacial score (nSPS) is 22.9. The minimum absolute atomic E-state index is 0.150. The highest BCUT2D eigenvalue weighted by Crippen LogP contribution is 2.43. The van der Waals surface area contributed by atoms with Gasteiger partial charge in [0.05, 0.1) is 16.8 Å². The molecule has 4 rings (SSSR count). The summed E-state index contributed by atoms with van der Waals surface area (Å²) in [5, 5.41) is 3.58. The summed E-state index contributed by atoms with van der Waals surface area (Å²) in [6.07, 6.45) is 2.10. The van der Waals surface area contributed by atoms with E-state index in [-0.39, 0.29) is 5.75 Å². The molecule has 2 aromatic carbocycles. The summed E-state index contributed by atoms with van der Waals surface area (Å²) in [7, 11) is -1.07. The fourth-order valence-corrected chi connectivity index (χ4v) is 5.16. The molecule has 2 aliphatic rings. The molecule has 0 saturated carbocycles. The molecular weight excluding hydrogens is 320 g/mol. The van der Waals surface area contributed by atoms with Gasteiger partial charge in [0.25, 0.3) is 0 Å². The van der Waals surface area contributed by atoms with Crippen molar-refractivity contribution in [2.75, 3.05) is 24.7 Å². The van der Waals surface area contributed by atoms with Gasteiger partial charge in [-0.1, -0.05) is 30.3 Å². The van der Waals surface area contributed by atoms with Crippen LogP contribution in [0.1, 0.15) is 23.5 Å². The van der Waals surface area contributed by atoms with Gasteiger partial charge in [0.15, 0.2) is 9.84 Å². The first-order chi connectivity index (χ1) is 11.5. The monoisotopic (exact) mass is 342 g/mol. The third-order valence-corrected chi connectivity index (χ3v) is 6.96. The Kier molecular flexibility index (Phi) is 3.85. The molecular formula is C19H22N2O2S. The van der Waals surface area contributed by atoms with E-state index in [0.29, 0.717) is 23.4 Å². The molecule has 2 heterocycles. The van der Waals surface area contributed by atoms with Crippen LogP contribution in [0.25, 0.3) is 0 Å². The molecule has 0 spiro atoms. The molecule has 2 aliphatic heterocycles. The van der Waals surface area contributed by atoms with E-state index in [1.54, 1.807) is 24.3 Å². The van der Waals surface area contributed by atoms with Crippen LogP contribution in [0.3, 0.4) is 0 Å². The molecule has 126 valence electrons. The highest BCUT2D eigenvalue weighted by Gasteiger charge is 2.39. The van der Waals surface area contributed by atoms with Crippen LogP contribution in [0.15, 0.2) is 53.4 Å². The minimum Gasteiger partial charge on any atom is -0.369 e. The fraction of sp³-hybridized carbons (Fsp3) is 0.368. The van der Waals surface area contributed by atoms with Gasteiger partial charge in [0, 0.05) is 18.2 Å². The molecule has 1 saturated heterocycles. The first-order valence-corrected chi connectivity index (χ1v) is 10.1. The number of hydrogen-bond acceptors (Lipinski definition) is 4. The third-order valence-electron chi connectivity index (χ3n) is 5.23. The molecule has 24 heavy (non-hydrogen) atoms. The van der Waals surface area contributed by atoms with E-state index in [1.165, 1.54) is 11.3 Å². The zero-order valence-electron chi connectivity index (χ0n) is 13.8. The second kappa shape index (κ2) is 5.90. The zero-order chi connectivity index (χ0) is 16.7. The summed E-state index contributed by atoms with van der Waals surface area (Å²) in [4.78, 5) is 2.76. The van der Waals surface area contributed by atoms with E-state index in [2.05, 4.69) is 29.4 Å². The standard InChI is InChI=1S/C19H22N2O2S/c1-21-11-9-16-17-13-14(7-8-18(17)20-19(16)21)10-12-24(22,23)15-5-3-2-4-6-15/h2-8,13,16,19-20H,9-12H2,1H3. The van der Waals surface area contributed by atoms with Crippen molar-refractivity contribution >= 4 is 15.5 Å². The van der Waals surface area contributed by atoms with Gasteiger partial charge in [-0.15, -0.1) is 0 Å². The van der Waals surface area contributed by atoms with E-state index in [0.717, 1.165) is 18.5 Å². The van der Waals surface area contributed by atoms with Gasteiger partial charge in [-0.2, -0.15) is 0 Å². The second-order valence-corrected chi connectivity index (χ2v) is 8.88. The first-order valence-electron chi connectivity index (χ1n) is 8.42. The molecule has 1 N–H and O–H groups in total. The first kappa shape index (κ1) is 15.7. The van der Waals surface area contributed by atoms with Crippen LogP contribution in [0.5, 0.6) is 0 Å². The van der Waals surface area contributed by atoms with Gasteiger partial charge in [0.1, 0.15) is 0 Å². The lowest BCUT2D eigenvalue weighted by molar-refractivity contribution is 0.334. The van der Waals surface area contributed by atoms with E-state index in [9.17, 15) is 8.42 Å². The quantitative estimate of drug-likeness (QED) is 0.928. The smallest absolute Gasteiger partial charge is 0.178 e. The number of likely N-dealkylation sites (N-methyl/N-ethyl adjacent to an activating group) is 1. The van der Waals surface area contributed by atoms with Crippen molar-refractivity contribution in [3.8, 4) is 0 Å².